The first-order chi connectivity index (χ1) is 4.46. The van der Waals surface area contributed by atoms with E-state index in [1.54, 1.807) is 0 Å². The van der Waals surface area contributed by atoms with Crippen LogP contribution < -0.4 is 5.73 Å². The minimum absolute atomic E-state index is 0. The van der Waals surface area contributed by atoms with E-state index in [0.717, 1.165) is 0 Å². The fraction of sp³-hybridized carbons (Fsp3) is 0.500. The molecule has 0 aromatic heterocycles. The number of aliphatic hydroxyl groups is 1. The zero-order valence-electron chi connectivity index (χ0n) is 5.30. The number of halogens is 1. The van der Waals surface area contributed by atoms with Gasteiger partial charge in [-0.15, -0.1) is 12.4 Å². The highest BCUT2D eigenvalue weighted by atomic mass is 35.5. The Bertz CT molecular complexity index is 143. The number of rotatable bonds is 3. The smallest absolute Gasteiger partial charge is 0.334 e. The lowest BCUT2D eigenvalue weighted by molar-refractivity contribution is -0.154. The monoisotopic (exact) mass is 185 g/mol. The minimum Gasteiger partial charge on any atom is -0.480 e. The summed E-state index contributed by atoms with van der Waals surface area (Å²) in [6.45, 7) is 0. The fourth-order valence-corrected chi connectivity index (χ4v) is 0.289. The van der Waals surface area contributed by atoms with Crippen molar-refractivity contribution in [3.05, 3.63) is 0 Å². The Morgan fingerprint density at radius 3 is 1.64 bits per heavy atom. The SMILES string of the molecule is Cl.N[C@H](C(=O)O)C(O)C(=O)O. The lowest BCUT2D eigenvalue weighted by Crippen LogP contribution is -2.46. The highest BCUT2D eigenvalue weighted by molar-refractivity contribution is 5.85. The first-order valence-electron chi connectivity index (χ1n) is 2.36. The van der Waals surface area contributed by atoms with Gasteiger partial charge >= 0.3 is 11.9 Å². The van der Waals surface area contributed by atoms with Crippen molar-refractivity contribution >= 4 is 24.3 Å². The molecule has 0 aliphatic carbocycles. The van der Waals surface area contributed by atoms with Crippen molar-refractivity contribution in [1.29, 1.82) is 0 Å². The van der Waals surface area contributed by atoms with Gasteiger partial charge in [0.25, 0.3) is 0 Å². The Labute approximate surface area is 68.0 Å². The molecule has 5 N–H and O–H groups in total. The Morgan fingerprint density at radius 1 is 1.18 bits per heavy atom. The number of carboxylic acid groups (broad SMARTS) is 2. The molecule has 0 saturated carbocycles. The van der Waals surface area contributed by atoms with E-state index in [2.05, 4.69) is 0 Å². The van der Waals surface area contributed by atoms with E-state index in [-0.39, 0.29) is 12.4 Å². The van der Waals surface area contributed by atoms with Gasteiger partial charge in [-0.1, -0.05) is 0 Å². The molecule has 0 aliphatic rings. The number of aliphatic hydroxyl groups excluding tert-OH is 1. The molecule has 0 saturated heterocycles. The molecule has 1 unspecified atom stereocenters. The maximum Gasteiger partial charge on any atom is 0.334 e. The molecule has 0 rings (SSSR count). The van der Waals surface area contributed by atoms with Gasteiger partial charge in [-0.25, -0.2) is 4.79 Å². The summed E-state index contributed by atoms with van der Waals surface area (Å²) in [6.07, 6.45) is -2.04. The Morgan fingerprint density at radius 2 is 1.55 bits per heavy atom. The average molecular weight is 186 g/mol. The molecule has 0 bridgehead atoms. The number of aliphatic carboxylic acids is 2. The zero-order chi connectivity index (χ0) is 8.31. The van der Waals surface area contributed by atoms with E-state index >= 15 is 0 Å². The molecule has 0 radical (unpaired) electrons. The predicted octanol–water partition coefficient (Wildman–Crippen LogP) is -1.73. The van der Waals surface area contributed by atoms with E-state index in [9.17, 15) is 9.59 Å². The van der Waals surface area contributed by atoms with Gasteiger partial charge in [0, 0.05) is 0 Å². The zero-order valence-corrected chi connectivity index (χ0v) is 6.11. The lowest BCUT2D eigenvalue weighted by atomic mass is 10.2. The van der Waals surface area contributed by atoms with E-state index in [0.29, 0.717) is 0 Å². The third-order valence-corrected chi connectivity index (χ3v) is 0.878. The van der Waals surface area contributed by atoms with Crippen molar-refractivity contribution < 1.29 is 24.9 Å². The highest BCUT2D eigenvalue weighted by Gasteiger charge is 2.27. The quantitative estimate of drug-likeness (QED) is 0.415. The van der Waals surface area contributed by atoms with Crippen LogP contribution in [0.5, 0.6) is 0 Å². The molecule has 0 heterocycles. The summed E-state index contributed by atoms with van der Waals surface area (Å²) < 4.78 is 0. The molecule has 11 heavy (non-hydrogen) atoms. The molecule has 0 amide bonds. The van der Waals surface area contributed by atoms with Gasteiger partial charge in [-0.3, -0.25) is 4.79 Å². The number of carboxylic acids is 2. The van der Waals surface area contributed by atoms with Gasteiger partial charge in [0.2, 0.25) is 0 Å². The van der Waals surface area contributed by atoms with Crippen molar-refractivity contribution in [3.8, 4) is 0 Å². The van der Waals surface area contributed by atoms with Gasteiger partial charge in [-0.05, 0) is 0 Å². The molecular weight excluding hydrogens is 177 g/mol. The summed E-state index contributed by atoms with van der Waals surface area (Å²) in [5.74, 6) is -3.19. The number of carbonyl (C=O) groups is 2. The van der Waals surface area contributed by atoms with Crippen LogP contribution in [0.2, 0.25) is 0 Å². The highest BCUT2D eigenvalue weighted by Crippen LogP contribution is 1.89. The van der Waals surface area contributed by atoms with E-state index < -0.39 is 24.1 Å². The van der Waals surface area contributed by atoms with Gasteiger partial charge < -0.3 is 21.1 Å². The van der Waals surface area contributed by atoms with Gasteiger partial charge in [0.05, 0.1) is 0 Å². The maximum atomic E-state index is 9.90. The van der Waals surface area contributed by atoms with Crippen LogP contribution in [0.1, 0.15) is 0 Å². The Balaban J connectivity index is 0. The molecule has 7 heteroatoms. The van der Waals surface area contributed by atoms with Crippen molar-refractivity contribution in [1.82, 2.24) is 0 Å². The molecule has 66 valence electrons. The molecule has 6 nitrogen and oxygen atoms in total. The molecule has 0 spiro atoms. The Hall–Kier alpha value is -0.850. The van der Waals surface area contributed by atoms with Crippen LogP contribution in [-0.4, -0.2) is 39.4 Å². The van der Waals surface area contributed by atoms with Crippen LogP contribution in [-0.2, 0) is 9.59 Å². The second-order valence-electron chi connectivity index (χ2n) is 1.65. The third-order valence-electron chi connectivity index (χ3n) is 0.878. The first kappa shape index (κ1) is 12.8. The maximum absolute atomic E-state index is 9.90. The summed E-state index contributed by atoms with van der Waals surface area (Å²) in [5, 5.41) is 24.5. The van der Waals surface area contributed by atoms with Crippen LogP contribution in [0.25, 0.3) is 0 Å². The predicted molar refractivity (Wildman–Crippen MR) is 36.5 cm³/mol. The van der Waals surface area contributed by atoms with E-state index in [1.807, 2.05) is 0 Å². The van der Waals surface area contributed by atoms with Crippen LogP contribution in [0.15, 0.2) is 0 Å². The molecule has 0 aliphatic heterocycles. The number of hydrogen-bond acceptors (Lipinski definition) is 4. The van der Waals surface area contributed by atoms with Crippen LogP contribution in [0.4, 0.5) is 0 Å². The lowest BCUT2D eigenvalue weighted by Gasteiger charge is -2.08. The summed E-state index contributed by atoms with van der Waals surface area (Å²) in [4.78, 5) is 19.7. The molecule has 0 fully saturated rings. The summed E-state index contributed by atoms with van der Waals surface area (Å²) in [5.41, 5.74) is 4.73. The average Bonchev–Trinajstić information content (AvgIpc) is 1.84. The van der Waals surface area contributed by atoms with Crippen LogP contribution in [0.3, 0.4) is 0 Å². The van der Waals surface area contributed by atoms with E-state index in [1.165, 1.54) is 0 Å². The topological polar surface area (TPSA) is 121 Å². The molecule has 2 atom stereocenters. The standard InChI is InChI=1S/C4H7NO5.ClH/c5-1(3(7)8)2(6)4(9)10;/h1-2,6H,5H2,(H,7,8)(H,9,10);1H/t1-,2?;/m0./s1. The fourth-order valence-electron chi connectivity index (χ4n) is 0.289. The van der Waals surface area contributed by atoms with Crippen molar-refractivity contribution in [2.45, 2.75) is 12.1 Å². The second-order valence-corrected chi connectivity index (χ2v) is 1.65. The van der Waals surface area contributed by atoms with Crippen molar-refractivity contribution in [2.24, 2.45) is 5.73 Å². The summed E-state index contributed by atoms with van der Waals surface area (Å²) >= 11 is 0. The minimum atomic E-state index is -2.04. The Kier molecular flexibility index (Phi) is 5.69. The van der Waals surface area contributed by atoms with Gasteiger partial charge in [0.1, 0.15) is 6.04 Å². The van der Waals surface area contributed by atoms with Crippen molar-refractivity contribution in [3.63, 3.8) is 0 Å². The second kappa shape index (κ2) is 4.89. The van der Waals surface area contributed by atoms with E-state index in [4.69, 9.17) is 21.1 Å². The first-order valence-corrected chi connectivity index (χ1v) is 2.36. The number of hydrogen-bond donors (Lipinski definition) is 4. The van der Waals surface area contributed by atoms with Gasteiger partial charge in [-0.2, -0.15) is 0 Å². The van der Waals surface area contributed by atoms with Crippen LogP contribution in [0, 0.1) is 0 Å². The molecule has 0 aromatic rings. The largest absolute Gasteiger partial charge is 0.480 e. The normalized spacial score (nSPS) is 14.4. The number of nitrogens with two attached hydrogens (primary N) is 1. The van der Waals surface area contributed by atoms with Gasteiger partial charge in [0.15, 0.2) is 6.10 Å². The molecule has 0 aromatic carbocycles. The van der Waals surface area contributed by atoms with Crippen molar-refractivity contribution in [2.75, 3.05) is 0 Å². The third kappa shape index (κ3) is 3.76. The summed E-state index contributed by atoms with van der Waals surface area (Å²) in [7, 11) is 0. The molecular formula is C4H8ClNO5. The summed E-state index contributed by atoms with van der Waals surface area (Å²) in [6, 6.07) is -1.77. The van der Waals surface area contributed by atoms with Crippen LogP contribution >= 0.6 is 12.4 Å².